The van der Waals surface area contributed by atoms with E-state index in [9.17, 15) is 9.59 Å². The zero-order chi connectivity index (χ0) is 15.5. The third-order valence-electron chi connectivity index (χ3n) is 4.26. The zero-order valence-electron chi connectivity index (χ0n) is 12.8. The quantitative estimate of drug-likeness (QED) is 0.876. The first-order valence-corrected chi connectivity index (χ1v) is 7.48. The Hall–Kier alpha value is -1.84. The highest BCUT2D eigenvalue weighted by molar-refractivity contribution is 5.96. The molecular weight excluding hydrogens is 266 g/mol. The van der Waals surface area contributed by atoms with E-state index in [2.05, 4.69) is 13.8 Å². The number of amides is 1. The summed E-state index contributed by atoms with van der Waals surface area (Å²) in [5.41, 5.74) is 1.88. The lowest BCUT2D eigenvalue weighted by molar-refractivity contribution is -0.137. The van der Waals surface area contributed by atoms with E-state index in [0.29, 0.717) is 13.0 Å². The largest absolute Gasteiger partial charge is 0.481 e. The second kappa shape index (κ2) is 6.29. The summed E-state index contributed by atoms with van der Waals surface area (Å²) in [6, 6.07) is 7.77. The highest BCUT2D eigenvalue weighted by Crippen LogP contribution is 2.28. The van der Waals surface area contributed by atoms with Gasteiger partial charge in [-0.3, -0.25) is 9.59 Å². The third kappa shape index (κ3) is 4.06. The first-order chi connectivity index (χ1) is 9.89. The van der Waals surface area contributed by atoms with Gasteiger partial charge in [0.2, 0.25) is 0 Å². The lowest BCUT2D eigenvalue weighted by Crippen LogP contribution is -2.39. The number of fused-ring (bicyclic) bond motifs is 1. The van der Waals surface area contributed by atoms with Gasteiger partial charge in [-0.1, -0.05) is 32.0 Å². The molecule has 21 heavy (non-hydrogen) atoms. The number of rotatable bonds is 6. The van der Waals surface area contributed by atoms with Gasteiger partial charge in [0, 0.05) is 25.1 Å². The van der Waals surface area contributed by atoms with Crippen LogP contribution in [0.4, 0.5) is 0 Å². The van der Waals surface area contributed by atoms with E-state index in [1.165, 1.54) is 0 Å². The molecule has 1 aliphatic heterocycles. The van der Waals surface area contributed by atoms with Crippen LogP contribution in [0, 0.1) is 5.41 Å². The molecule has 0 unspecified atom stereocenters. The predicted molar refractivity (Wildman–Crippen MR) is 81.3 cm³/mol. The molecule has 1 heterocycles. The molecule has 0 radical (unpaired) electrons. The Morgan fingerprint density at radius 3 is 2.71 bits per heavy atom. The third-order valence-corrected chi connectivity index (χ3v) is 4.26. The van der Waals surface area contributed by atoms with Crippen molar-refractivity contribution in [3.8, 4) is 0 Å². The van der Waals surface area contributed by atoms with Crippen molar-refractivity contribution in [2.24, 2.45) is 5.41 Å². The van der Waals surface area contributed by atoms with Crippen molar-refractivity contribution in [2.45, 2.75) is 39.5 Å². The highest BCUT2D eigenvalue weighted by atomic mass is 16.4. The minimum absolute atomic E-state index is 0.0599. The number of carboxylic acids is 1. The Labute approximate surface area is 125 Å². The van der Waals surface area contributed by atoms with Gasteiger partial charge in [0.25, 0.3) is 5.91 Å². The summed E-state index contributed by atoms with van der Waals surface area (Å²) in [5.74, 6) is -0.656. The van der Waals surface area contributed by atoms with Crippen LogP contribution in [-0.2, 0) is 11.2 Å². The molecule has 0 fully saturated rings. The number of nitrogens with zero attached hydrogens (tertiary/aromatic N) is 1. The summed E-state index contributed by atoms with van der Waals surface area (Å²) < 4.78 is 0. The fraction of sp³-hybridized carbons (Fsp3) is 0.529. The topological polar surface area (TPSA) is 57.6 Å². The van der Waals surface area contributed by atoms with Crippen molar-refractivity contribution < 1.29 is 14.7 Å². The summed E-state index contributed by atoms with van der Waals surface area (Å²) in [7, 11) is 0. The number of hydrogen-bond acceptors (Lipinski definition) is 2. The summed E-state index contributed by atoms with van der Waals surface area (Å²) in [6.07, 6.45) is 2.55. The molecule has 0 aromatic heterocycles. The molecule has 0 aliphatic carbocycles. The Kier molecular flexibility index (Phi) is 4.66. The fourth-order valence-electron chi connectivity index (χ4n) is 2.70. The Balaban J connectivity index is 1.93. The molecular formula is C17H23NO3. The van der Waals surface area contributed by atoms with Crippen LogP contribution in [0.1, 0.15) is 49.0 Å². The van der Waals surface area contributed by atoms with Gasteiger partial charge in [-0.05, 0) is 36.3 Å². The van der Waals surface area contributed by atoms with E-state index < -0.39 is 5.97 Å². The van der Waals surface area contributed by atoms with Crippen molar-refractivity contribution in [3.63, 3.8) is 0 Å². The Bertz CT molecular complexity index is 537. The van der Waals surface area contributed by atoms with E-state index in [-0.39, 0.29) is 17.7 Å². The number of hydrogen-bond donors (Lipinski definition) is 1. The van der Waals surface area contributed by atoms with E-state index in [1.807, 2.05) is 29.2 Å². The van der Waals surface area contributed by atoms with Crippen LogP contribution >= 0.6 is 0 Å². The average Bonchev–Trinajstić information content (AvgIpc) is 2.45. The van der Waals surface area contributed by atoms with Gasteiger partial charge in [0.15, 0.2) is 0 Å². The molecule has 0 saturated carbocycles. The average molecular weight is 289 g/mol. The second-order valence-corrected chi connectivity index (χ2v) is 6.51. The maximum absolute atomic E-state index is 12.4. The molecule has 1 N–H and O–H groups in total. The Morgan fingerprint density at radius 2 is 2.00 bits per heavy atom. The SMILES string of the molecule is CC(C)(CCC(=O)O)CCN1CCc2ccccc2C1=O. The van der Waals surface area contributed by atoms with E-state index in [4.69, 9.17) is 5.11 Å². The first-order valence-electron chi connectivity index (χ1n) is 7.48. The number of aliphatic carboxylic acids is 1. The normalized spacial score (nSPS) is 15.0. The molecule has 0 atom stereocenters. The van der Waals surface area contributed by atoms with Crippen molar-refractivity contribution in [1.29, 1.82) is 0 Å². The Morgan fingerprint density at radius 1 is 1.29 bits per heavy atom. The maximum atomic E-state index is 12.4. The van der Waals surface area contributed by atoms with Crippen LogP contribution in [0.2, 0.25) is 0 Å². The molecule has 114 valence electrons. The van der Waals surface area contributed by atoms with E-state index in [0.717, 1.165) is 30.5 Å². The van der Waals surface area contributed by atoms with Crippen LogP contribution in [-0.4, -0.2) is 35.0 Å². The van der Waals surface area contributed by atoms with Crippen LogP contribution < -0.4 is 0 Å². The van der Waals surface area contributed by atoms with Crippen molar-refractivity contribution in [2.75, 3.05) is 13.1 Å². The molecule has 0 bridgehead atoms. The molecule has 0 spiro atoms. The number of carbonyl (C=O) groups excluding carboxylic acids is 1. The molecule has 1 amide bonds. The van der Waals surface area contributed by atoms with Crippen LogP contribution in [0.15, 0.2) is 24.3 Å². The summed E-state index contributed by atoms with van der Waals surface area (Å²) in [4.78, 5) is 25.0. The standard InChI is InChI=1S/C17H23NO3/c1-17(2,9-7-15(19)20)10-12-18-11-8-13-5-3-4-6-14(13)16(18)21/h3-6H,7-12H2,1-2H3,(H,19,20). The van der Waals surface area contributed by atoms with Crippen molar-refractivity contribution in [3.05, 3.63) is 35.4 Å². The van der Waals surface area contributed by atoms with Gasteiger partial charge in [0.05, 0.1) is 0 Å². The summed E-state index contributed by atoms with van der Waals surface area (Å²) >= 11 is 0. The van der Waals surface area contributed by atoms with E-state index >= 15 is 0 Å². The molecule has 2 rings (SSSR count). The molecule has 4 nitrogen and oxygen atoms in total. The maximum Gasteiger partial charge on any atom is 0.303 e. The molecule has 4 heteroatoms. The number of benzene rings is 1. The van der Waals surface area contributed by atoms with Gasteiger partial charge in [-0.15, -0.1) is 0 Å². The molecule has 1 aromatic carbocycles. The minimum atomic E-state index is -0.758. The zero-order valence-corrected chi connectivity index (χ0v) is 12.8. The van der Waals surface area contributed by atoms with Crippen molar-refractivity contribution >= 4 is 11.9 Å². The van der Waals surface area contributed by atoms with Gasteiger partial charge < -0.3 is 10.0 Å². The van der Waals surface area contributed by atoms with E-state index in [1.54, 1.807) is 0 Å². The van der Waals surface area contributed by atoms with Crippen LogP contribution in [0.25, 0.3) is 0 Å². The fourth-order valence-corrected chi connectivity index (χ4v) is 2.70. The molecule has 0 saturated heterocycles. The first kappa shape index (κ1) is 15.5. The lowest BCUT2D eigenvalue weighted by atomic mass is 9.84. The monoisotopic (exact) mass is 289 g/mol. The van der Waals surface area contributed by atoms with Crippen LogP contribution in [0.3, 0.4) is 0 Å². The minimum Gasteiger partial charge on any atom is -0.481 e. The lowest BCUT2D eigenvalue weighted by Gasteiger charge is -2.32. The number of carbonyl (C=O) groups is 2. The smallest absolute Gasteiger partial charge is 0.303 e. The summed E-state index contributed by atoms with van der Waals surface area (Å²) in [6.45, 7) is 5.58. The summed E-state index contributed by atoms with van der Waals surface area (Å²) in [5, 5.41) is 8.78. The predicted octanol–water partition coefficient (Wildman–Crippen LogP) is 2.97. The molecule has 1 aromatic rings. The van der Waals surface area contributed by atoms with Crippen LogP contribution in [0.5, 0.6) is 0 Å². The van der Waals surface area contributed by atoms with Gasteiger partial charge in [0.1, 0.15) is 0 Å². The van der Waals surface area contributed by atoms with Gasteiger partial charge in [-0.25, -0.2) is 0 Å². The second-order valence-electron chi connectivity index (χ2n) is 6.51. The molecule has 1 aliphatic rings. The van der Waals surface area contributed by atoms with Gasteiger partial charge >= 0.3 is 5.97 Å². The van der Waals surface area contributed by atoms with Crippen molar-refractivity contribution in [1.82, 2.24) is 4.90 Å². The highest BCUT2D eigenvalue weighted by Gasteiger charge is 2.26. The van der Waals surface area contributed by atoms with Gasteiger partial charge in [-0.2, -0.15) is 0 Å². The number of carboxylic acid groups (broad SMARTS) is 1.